The van der Waals surface area contributed by atoms with E-state index < -0.39 is 0 Å². The molecule has 0 fully saturated rings. The van der Waals surface area contributed by atoms with Crippen LogP contribution < -0.4 is 22.0 Å². The Kier molecular flexibility index (Phi) is 3.94. The fourth-order valence-electron chi connectivity index (χ4n) is 4.76. The van der Waals surface area contributed by atoms with E-state index in [9.17, 15) is 0 Å². The first kappa shape index (κ1) is 20.7. The van der Waals surface area contributed by atoms with Crippen molar-refractivity contribution < 1.29 is 0 Å². The number of aromatic amines is 4. The van der Waals surface area contributed by atoms with Crippen LogP contribution in [0.5, 0.6) is 0 Å². The average Bonchev–Trinajstić information content (AvgIpc) is 3.73. The smallest absolute Gasteiger partial charge is 0.162 e. The monoisotopic (exact) mass is 524 g/mol. The zero-order valence-electron chi connectivity index (χ0n) is 20.0. The summed E-state index contributed by atoms with van der Waals surface area (Å²) in [6.45, 7) is 0. The number of aromatic nitrogens is 12. The van der Waals surface area contributed by atoms with Crippen LogP contribution >= 0.6 is 0 Å². The Hall–Kier alpha value is -6.32. The second-order valence-electron chi connectivity index (χ2n) is 8.75. The van der Waals surface area contributed by atoms with Crippen molar-refractivity contribution in [1.29, 1.82) is 0 Å². The van der Waals surface area contributed by atoms with Crippen LogP contribution in [0.4, 0.5) is 23.3 Å². The van der Waals surface area contributed by atoms with Gasteiger partial charge >= 0.3 is 0 Å². The molecule has 0 amide bonds. The molecule has 0 saturated carbocycles. The minimum absolute atomic E-state index is 0.430. The maximum Gasteiger partial charge on any atom is 0.162 e. The van der Waals surface area contributed by atoms with Gasteiger partial charge in [-0.15, -0.1) is 0 Å². The van der Waals surface area contributed by atoms with Crippen molar-refractivity contribution in [1.82, 2.24) is 59.8 Å². The molecule has 0 spiro atoms. The summed E-state index contributed by atoms with van der Waals surface area (Å²) in [7, 11) is 0. The third-order valence-corrected chi connectivity index (χ3v) is 6.43. The van der Waals surface area contributed by atoms with E-state index in [0.717, 1.165) is 0 Å². The van der Waals surface area contributed by atoms with E-state index in [0.29, 0.717) is 89.4 Å². The third kappa shape index (κ3) is 2.88. The van der Waals surface area contributed by atoms with Crippen molar-refractivity contribution in [3.8, 4) is 0 Å². The van der Waals surface area contributed by atoms with Crippen molar-refractivity contribution in [2.45, 2.75) is 0 Å². The number of H-pyrrole nitrogens is 4. The number of nitrogens with zero attached hydrogens (tertiary/aromatic N) is 12. The highest BCUT2D eigenvalue weighted by molar-refractivity contribution is 5.94. The summed E-state index contributed by atoms with van der Waals surface area (Å²) in [5.41, 5.74) is 5.92. The molecule has 0 radical (unpaired) electrons. The first-order valence-electron chi connectivity index (χ1n) is 12.0. The molecule has 16 nitrogen and oxygen atoms in total. The average molecular weight is 524 g/mol. The van der Waals surface area contributed by atoms with Crippen LogP contribution in [-0.4, -0.2) is 59.8 Å². The quantitative estimate of drug-likeness (QED) is 0.223. The SMILES string of the molecule is c1cnc2c3[nH]c(c2n1)/N=c1\[nH]/c(c2nccnc12)=N\c1[nH]c(c2nccnc12)/N=c1\[nH]/c(c2nccnc12)=N\3. The van der Waals surface area contributed by atoms with Crippen molar-refractivity contribution in [3.63, 3.8) is 0 Å². The van der Waals surface area contributed by atoms with E-state index in [1.807, 2.05) is 0 Å². The second kappa shape index (κ2) is 7.60. The first-order chi connectivity index (χ1) is 19.8. The van der Waals surface area contributed by atoms with Gasteiger partial charge in [-0.25, -0.2) is 59.8 Å². The van der Waals surface area contributed by atoms with Crippen LogP contribution in [0.25, 0.3) is 44.1 Å². The van der Waals surface area contributed by atoms with Crippen LogP contribution in [0.3, 0.4) is 0 Å². The molecule has 0 atom stereocenters. The lowest BCUT2D eigenvalue weighted by atomic mass is 10.4. The predicted molar refractivity (Wildman–Crippen MR) is 139 cm³/mol. The van der Waals surface area contributed by atoms with Crippen LogP contribution in [0, 0.1) is 0 Å². The molecule has 1 aliphatic heterocycles. The molecule has 8 bridgehead atoms. The Morgan fingerprint density at radius 3 is 0.750 bits per heavy atom. The molecular weight excluding hydrogens is 512 g/mol. The van der Waals surface area contributed by atoms with Crippen LogP contribution in [0.1, 0.15) is 0 Å². The number of fused-ring (bicyclic) bond motifs is 20. The van der Waals surface area contributed by atoms with E-state index in [1.165, 1.54) is 0 Å². The molecule has 0 aromatic carbocycles. The Morgan fingerprint density at radius 2 is 0.500 bits per heavy atom. The summed E-state index contributed by atoms with van der Waals surface area (Å²) in [6, 6.07) is 0. The summed E-state index contributed by atoms with van der Waals surface area (Å²) in [6.07, 6.45) is 12.7. The summed E-state index contributed by atoms with van der Waals surface area (Å²) >= 11 is 0. The largest absolute Gasteiger partial charge is 0.321 e. The molecule has 0 aliphatic carbocycles. The van der Waals surface area contributed by atoms with Crippen molar-refractivity contribution in [2.75, 3.05) is 0 Å². The Labute approximate surface area is 218 Å². The van der Waals surface area contributed by atoms with Crippen molar-refractivity contribution in [3.05, 3.63) is 71.5 Å². The van der Waals surface area contributed by atoms with Crippen LogP contribution in [-0.2, 0) is 0 Å². The van der Waals surface area contributed by atoms with Gasteiger partial charge in [0.25, 0.3) is 0 Å². The molecular formula is C24H12N16. The molecule has 9 heterocycles. The fraction of sp³-hybridized carbons (Fsp3) is 0. The number of rotatable bonds is 0. The van der Waals surface area contributed by atoms with Gasteiger partial charge in [0.1, 0.15) is 44.1 Å². The minimum atomic E-state index is 0.430. The lowest BCUT2D eigenvalue weighted by molar-refractivity contribution is 1.08. The highest BCUT2D eigenvalue weighted by Gasteiger charge is 2.17. The molecule has 0 saturated heterocycles. The molecule has 0 unspecified atom stereocenters. The molecule has 1 aliphatic rings. The topological polar surface area (TPSA) is 216 Å². The molecule has 40 heavy (non-hydrogen) atoms. The Morgan fingerprint density at radius 1 is 0.275 bits per heavy atom. The molecule has 9 rings (SSSR count). The number of hydrogen-bond donors (Lipinski definition) is 4. The molecule has 4 N–H and O–H groups in total. The molecule has 8 aromatic rings. The summed E-state index contributed by atoms with van der Waals surface area (Å²) in [5, 5.41) is 0. The maximum absolute atomic E-state index is 4.82. The van der Waals surface area contributed by atoms with Gasteiger partial charge < -0.3 is 19.9 Å². The zero-order valence-corrected chi connectivity index (χ0v) is 20.0. The number of nitrogens with one attached hydrogen (secondary N) is 4. The first-order valence-corrected chi connectivity index (χ1v) is 12.0. The van der Waals surface area contributed by atoms with Gasteiger partial charge in [-0.2, -0.15) is 0 Å². The van der Waals surface area contributed by atoms with Gasteiger partial charge in [0, 0.05) is 49.6 Å². The van der Waals surface area contributed by atoms with Gasteiger partial charge in [-0.1, -0.05) is 0 Å². The van der Waals surface area contributed by atoms with Gasteiger partial charge in [-0.05, 0) is 0 Å². The summed E-state index contributed by atoms with van der Waals surface area (Å²) in [5.74, 6) is 1.72. The zero-order chi connectivity index (χ0) is 26.2. The van der Waals surface area contributed by atoms with E-state index in [-0.39, 0.29) is 0 Å². The molecule has 188 valence electrons. The van der Waals surface area contributed by atoms with E-state index in [2.05, 4.69) is 59.8 Å². The Balaban J connectivity index is 1.51. The van der Waals surface area contributed by atoms with Crippen LogP contribution in [0.15, 0.2) is 69.5 Å². The van der Waals surface area contributed by atoms with Crippen molar-refractivity contribution in [2.24, 2.45) is 20.0 Å². The van der Waals surface area contributed by atoms with Gasteiger partial charge in [-0.3, -0.25) is 0 Å². The minimum Gasteiger partial charge on any atom is -0.321 e. The predicted octanol–water partition coefficient (Wildman–Crippen LogP) is 0.890. The summed E-state index contributed by atoms with van der Waals surface area (Å²) in [4.78, 5) is 68.3. The second-order valence-corrected chi connectivity index (χ2v) is 8.75. The lowest BCUT2D eigenvalue weighted by Crippen LogP contribution is -2.11. The molecule has 8 aromatic heterocycles. The van der Waals surface area contributed by atoms with E-state index >= 15 is 0 Å². The molecule has 16 heteroatoms. The number of hydrogen-bond acceptors (Lipinski definition) is 12. The van der Waals surface area contributed by atoms with Crippen molar-refractivity contribution >= 4 is 67.4 Å². The van der Waals surface area contributed by atoms with Gasteiger partial charge in [0.2, 0.25) is 0 Å². The maximum atomic E-state index is 4.82. The van der Waals surface area contributed by atoms with Gasteiger partial charge in [0.15, 0.2) is 45.2 Å². The van der Waals surface area contributed by atoms with Gasteiger partial charge in [0.05, 0.1) is 0 Å². The third-order valence-electron chi connectivity index (χ3n) is 6.43. The highest BCUT2D eigenvalue weighted by atomic mass is 15.1. The normalized spacial score (nSPS) is 16.2. The Bertz CT molecular complexity index is 2220. The van der Waals surface area contributed by atoms with E-state index in [4.69, 9.17) is 20.0 Å². The highest BCUT2D eigenvalue weighted by Crippen LogP contribution is 2.31. The lowest BCUT2D eigenvalue weighted by Gasteiger charge is -1.89. The summed E-state index contributed by atoms with van der Waals surface area (Å²) < 4.78 is 0. The fourth-order valence-corrected chi connectivity index (χ4v) is 4.76. The van der Waals surface area contributed by atoms with Crippen LogP contribution in [0.2, 0.25) is 0 Å². The van der Waals surface area contributed by atoms with E-state index in [1.54, 1.807) is 49.6 Å². The standard InChI is InChI=1S/C24H12N16/c1-2-26-10-9(25-1)17-33-18(10)38-20-13-14(30-6-5-29-13)22(35-20)40-24-16-15(31-7-8-32-16)23(36-24)39-21-12-11(19(34-21)37-17)27-3-4-28-12/h1-8H,(H4,33,34,35,36,37,38,39,40).